The summed E-state index contributed by atoms with van der Waals surface area (Å²) in [5, 5.41) is 14.2. The molecule has 120 valence electrons. The third-order valence-electron chi connectivity index (χ3n) is 3.88. The monoisotopic (exact) mass is 320 g/mol. The molecule has 0 spiro atoms. The van der Waals surface area contributed by atoms with Gasteiger partial charge < -0.3 is 5.32 Å². The second-order valence-electron chi connectivity index (χ2n) is 5.14. The number of thiophene rings is 1. The number of carbonyl (C=O) groups is 1. The van der Waals surface area contributed by atoms with Crippen LogP contribution in [-0.2, 0) is 6.42 Å². The second kappa shape index (κ2) is 8.10. The van der Waals surface area contributed by atoms with E-state index in [1.54, 1.807) is 11.3 Å². The van der Waals surface area contributed by atoms with E-state index in [1.807, 2.05) is 13.0 Å². The molecule has 0 aliphatic heterocycles. The lowest BCUT2D eigenvalue weighted by molar-refractivity contribution is 0.0930. The molecule has 5 nitrogen and oxygen atoms in total. The maximum atomic E-state index is 12.2. The first-order valence-corrected chi connectivity index (χ1v) is 8.72. The largest absolute Gasteiger partial charge is 0.349 e. The summed E-state index contributed by atoms with van der Waals surface area (Å²) in [6.07, 6.45) is 0.844. The Balaban J connectivity index is 2.03. The number of rotatable bonds is 8. The zero-order valence-corrected chi connectivity index (χ0v) is 14.2. The smallest absolute Gasteiger partial charge is 0.271 e. The van der Waals surface area contributed by atoms with Gasteiger partial charge in [-0.05, 0) is 48.0 Å². The van der Waals surface area contributed by atoms with Crippen LogP contribution in [0.5, 0.6) is 0 Å². The molecule has 0 radical (unpaired) electrons. The lowest BCUT2D eigenvalue weighted by Crippen LogP contribution is -2.38. The Morgan fingerprint density at radius 3 is 2.73 bits per heavy atom. The van der Waals surface area contributed by atoms with Crippen molar-refractivity contribution in [3.8, 4) is 0 Å². The molecule has 22 heavy (non-hydrogen) atoms. The molecule has 0 saturated carbocycles. The van der Waals surface area contributed by atoms with Gasteiger partial charge in [-0.15, -0.1) is 0 Å². The SMILES string of the molecule is CCc1cc(C(=O)NCC(c2ccsc2)N(CC)CC)n[nH]1. The molecule has 2 aromatic heterocycles. The number of carbonyl (C=O) groups excluding carboxylic acids is 1. The average molecular weight is 320 g/mol. The van der Waals surface area contributed by atoms with E-state index in [-0.39, 0.29) is 11.9 Å². The highest BCUT2D eigenvalue weighted by atomic mass is 32.1. The highest BCUT2D eigenvalue weighted by molar-refractivity contribution is 7.07. The molecule has 6 heteroatoms. The molecular weight excluding hydrogens is 296 g/mol. The molecule has 0 aromatic carbocycles. The first-order chi connectivity index (χ1) is 10.7. The van der Waals surface area contributed by atoms with Crippen LogP contribution in [0, 0.1) is 0 Å². The quantitative estimate of drug-likeness (QED) is 0.786. The number of aryl methyl sites for hydroxylation is 1. The first kappa shape index (κ1) is 16.7. The molecule has 0 aliphatic carbocycles. The van der Waals surface area contributed by atoms with Crippen molar-refractivity contribution in [2.24, 2.45) is 0 Å². The molecule has 0 aliphatic rings. The zero-order valence-electron chi connectivity index (χ0n) is 13.4. The van der Waals surface area contributed by atoms with Crippen molar-refractivity contribution in [2.75, 3.05) is 19.6 Å². The van der Waals surface area contributed by atoms with Crippen LogP contribution in [0.3, 0.4) is 0 Å². The number of hydrogen-bond acceptors (Lipinski definition) is 4. The lowest BCUT2D eigenvalue weighted by Gasteiger charge is -2.29. The number of aromatic nitrogens is 2. The molecule has 1 amide bonds. The zero-order chi connectivity index (χ0) is 15.9. The number of H-pyrrole nitrogens is 1. The predicted molar refractivity (Wildman–Crippen MR) is 90.3 cm³/mol. The number of aromatic amines is 1. The normalized spacial score (nSPS) is 12.5. The first-order valence-electron chi connectivity index (χ1n) is 7.78. The third-order valence-corrected chi connectivity index (χ3v) is 4.58. The van der Waals surface area contributed by atoms with Crippen LogP contribution in [0.1, 0.15) is 48.6 Å². The van der Waals surface area contributed by atoms with E-state index >= 15 is 0 Å². The molecule has 0 fully saturated rings. The van der Waals surface area contributed by atoms with Gasteiger partial charge in [0.05, 0.1) is 6.04 Å². The summed E-state index contributed by atoms with van der Waals surface area (Å²) in [6, 6.07) is 4.14. The third kappa shape index (κ3) is 3.96. The van der Waals surface area contributed by atoms with Gasteiger partial charge >= 0.3 is 0 Å². The fourth-order valence-corrected chi connectivity index (χ4v) is 3.23. The Morgan fingerprint density at radius 1 is 1.41 bits per heavy atom. The summed E-state index contributed by atoms with van der Waals surface area (Å²) in [5.41, 5.74) is 2.69. The van der Waals surface area contributed by atoms with E-state index in [9.17, 15) is 4.79 Å². The summed E-state index contributed by atoms with van der Waals surface area (Å²) >= 11 is 1.69. The van der Waals surface area contributed by atoms with Gasteiger partial charge in [0, 0.05) is 12.2 Å². The molecule has 2 N–H and O–H groups in total. The summed E-state index contributed by atoms with van der Waals surface area (Å²) in [7, 11) is 0. The van der Waals surface area contributed by atoms with Crippen molar-refractivity contribution in [2.45, 2.75) is 33.2 Å². The Morgan fingerprint density at radius 2 is 2.18 bits per heavy atom. The van der Waals surface area contributed by atoms with Gasteiger partial charge in [-0.1, -0.05) is 20.8 Å². The van der Waals surface area contributed by atoms with Crippen molar-refractivity contribution < 1.29 is 4.79 Å². The Bertz CT molecular complexity index is 575. The molecule has 0 bridgehead atoms. The molecular formula is C16H24N4OS. The van der Waals surface area contributed by atoms with E-state index < -0.39 is 0 Å². The number of nitrogens with one attached hydrogen (secondary N) is 2. The lowest BCUT2D eigenvalue weighted by atomic mass is 10.1. The Labute approximate surface area is 135 Å². The highest BCUT2D eigenvalue weighted by Crippen LogP contribution is 2.22. The van der Waals surface area contributed by atoms with Crippen molar-refractivity contribution in [3.63, 3.8) is 0 Å². The van der Waals surface area contributed by atoms with Crippen LogP contribution in [0.25, 0.3) is 0 Å². The second-order valence-corrected chi connectivity index (χ2v) is 5.92. The van der Waals surface area contributed by atoms with Crippen molar-refractivity contribution in [1.82, 2.24) is 20.4 Å². The van der Waals surface area contributed by atoms with Gasteiger partial charge in [0.1, 0.15) is 5.69 Å². The molecule has 2 heterocycles. The topological polar surface area (TPSA) is 61.0 Å². The summed E-state index contributed by atoms with van der Waals surface area (Å²) in [4.78, 5) is 14.6. The highest BCUT2D eigenvalue weighted by Gasteiger charge is 2.20. The van der Waals surface area contributed by atoms with Gasteiger partial charge in [0.15, 0.2) is 0 Å². The van der Waals surface area contributed by atoms with Gasteiger partial charge in [0.25, 0.3) is 5.91 Å². The summed E-state index contributed by atoms with van der Waals surface area (Å²) in [6.45, 7) is 8.82. The van der Waals surface area contributed by atoms with Gasteiger partial charge in [-0.25, -0.2) is 0 Å². The Hall–Kier alpha value is -1.66. The standard InChI is InChI=1S/C16H24N4OS/c1-4-13-9-14(19-18-13)16(21)17-10-15(20(5-2)6-3)12-7-8-22-11-12/h7-9,11,15H,4-6,10H2,1-3H3,(H,17,21)(H,18,19). The molecule has 1 unspecified atom stereocenters. The fraction of sp³-hybridized carbons (Fsp3) is 0.500. The maximum absolute atomic E-state index is 12.2. The van der Waals surface area contributed by atoms with Gasteiger partial charge in [-0.2, -0.15) is 16.4 Å². The molecule has 1 atom stereocenters. The Kier molecular flexibility index (Phi) is 6.15. The van der Waals surface area contributed by atoms with Crippen LogP contribution in [0.15, 0.2) is 22.9 Å². The number of nitrogens with zero attached hydrogens (tertiary/aromatic N) is 2. The van der Waals surface area contributed by atoms with Crippen LogP contribution >= 0.6 is 11.3 Å². The van der Waals surface area contributed by atoms with Gasteiger partial charge in [0.2, 0.25) is 0 Å². The van der Waals surface area contributed by atoms with Crippen molar-refractivity contribution in [3.05, 3.63) is 39.8 Å². The van der Waals surface area contributed by atoms with E-state index in [0.717, 1.165) is 25.2 Å². The fourth-order valence-electron chi connectivity index (χ4n) is 2.53. The van der Waals surface area contributed by atoms with Crippen LogP contribution in [0.2, 0.25) is 0 Å². The number of hydrogen-bond donors (Lipinski definition) is 2. The average Bonchev–Trinajstić information content (AvgIpc) is 3.22. The number of amides is 1. The van der Waals surface area contributed by atoms with E-state index in [4.69, 9.17) is 0 Å². The van der Waals surface area contributed by atoms with E-state index in [1.165, 1.54) is 5.56 Å². The van der Waals surface area contributed by atoms with Crippen LogP contribution in [-0.4, -0.2) is 40.6 Å². The minimum Gasteiger partial charge on any atom is -0.349 e. The molecule has 2 aromatic rings. The summed E-state index contributed by atoms with van der Waals surface area (Å²) in [5.74, 6) is -0.122. The predicted octanol–water partition coefficient (Wildman–Crippen LogP) is 2.85. The van der Waals surface area contributed by atoms with Crippen LogP contribution in [0.4, 0.5) is 0 Å². The maximum Gasteiger partial charge on any atom is 0.271 e. The summed E-state index contributed by atoms with van der Waals surface area (Å²) < 4.78 is 0. The van der Waals surface area contributed by atoms with E-state index in [2.05, 4.69) is 51.1 Å². The molecule has 2 rings (SSSR count). The number of likely N-dealkylation sites (N-methyl/N-ethyl adjacent to an activating group) is 1. The molecule has 0 saturated heterocycles. The minimum absolute atomic E-state index is 0.122. The minimum atomic E-state index is -0.122. The van der Waals surface area contributed by atoms with Crippen molar-refractivity contribution >= 4 is 17.2 Å². The van der Waals surface area contributed by atoms with Crippen LogP contribution < -0.4 is 5.32 Å². The van der Waals surface area contributed by atoms with Gasteiger partial charge in [-0.3, -0.25) is 14.8 Å². The van der Waals surface area contributed by atoms with Crippen molar-refractivity contribution in [1.29, 1.82) is 0 Å². The van der Waals surface area contributed by atoms with E-state index in [0.29, 0.717) is 12.2 Å².